The second-order valence-electron chi connectivity index (χ2n) is 7.11. The quantitative estimate of drug-likeness (QED) is 0.737. The molecule has 2 heterocycles. The topological polar surface area (TPSA) is 92.5 Å². The minimum Gasteiger partial charge on any atom is -0.391 e. The third-order valence-corrected chi connectivity index (χ3v) is 5.05. The summed E-state index contributed by atoms with van der Waals surface area (Å²) < 4.78 is 25.6. The summed E-state index contributed by atoms with van der Waals surface area (Å²) in [4.78, 5) is 21.1. The van der Waals surface area contributed by atoms with Crippen molar-refractivity contribution < 1.29 is 23.8 Å². The lowest BCUT2D eigenvalue weighted by molar-refractivity contribution is -0.176. The summed E-state index contributed by atoms with van der Waals surface area (Å²) in [5.74, 6) is -1.10. The van der Waals surface area contributed by atoms with Crippen molar-refractivity contribution in [3.8, 4) is 0 Å². The van der Waals surface area contributed by atoms with Crippen molar-refractivity contribution in [2.75, 3.05) is 32.9 Å². The fourth-order valence-electron chi connectivity index (χ4n) is 3.42. The van der Waals surface area contributed by atoms with Gasteiger partial charge in [-0.3, -0.25) is 9.79 Å². The first-order chi connectivity index (χ1) is 14.5. The van der Waals surface area contributed by atoms with Crippen LogP contribution in [0.1, 0.15) is 28.4 Å². The van der Waals surface area contributed by atoms with E-state index in [1.807, 2.05) is 0 Å². The number of amidine groups is 1. The third kappa shape index (κ3) is 4.02. The molecule has 156 valence electrons. The maximum atomic E-state index is 14.5. The standard InChI is InChI=1S/C22H22FN3O4/c1-14(28)15-6-7-19-17(10-15)21(16-4-2-3-5-18(16)23)24-11-20(26-19)25-12-22(13-27)29-8-9-30-22/h2-7,10,27H,8-9,11-13H2,1H3,(H,25,26). The number of Topliss-reactive ketones (excluding diaryl/α,β-unsaturated/α-hetero) is 1. The van der Waals surface area contributed by atoms with Crippen molar-refractivity contribution in [1.29, 1.82) is 0 Å². The van der Waals surface area contributed by atoms with Gasteiger partial charge in [0.05, 0.1) is 44.3 Å². The minimum atomic E-state index is -1.12. The van der Waals surface area contributed by atoms with Gasteiger partial charge in [-0.2, -0.15) is 0 Å². The molecular weight excluding hydrogens is 389 g/mol. The molecule has 0 unspecified atom stereocenters. The molecule has 0 amide bonds. The summed E-state index contributed by atoms with van der Waals surface area (Å²) in [5.41, 5.74) is 2.40. The van der Waals surface area contributed by atoms with Gasteiger partial charge in [0.15, 0.2) is 5.78 Å². The number of ether oxygens (including phenoxy) is 2. The predicted molar refractivity (Wildman–Crippen MR) is 110 cm³/mol. The van der Waals surface area contributed by atoms with Crippen molar-refractivity contribution in [1.82, 2.24) is 5.32 Å². The molecule has 1 fully saturated rings. The number of halogens is 1. The Kier molecular flexibility index (Phi) is 5.72. The van der Waals surface area contributed by atoms with E-state index in [9.17, 15) is 14.3 Å². The van der Waals surface area contributed by atoms with E-state index >= 15 is 0 Å². The lowest BCUT2D eigenvalue weighted by Crippen LogP contribution is -2.47. The van der Waals surface area contributed by atoms with E-state index in [1.165, 1.54) is 13.0 Å². The van der Waals surface area contributed by atoms with Crippen LogP contribution in [0.5, 0.6) is 0 Å². The summed E-state index contributed by atoms with van der Waals surface area (Å²) in [6, 6.07) is 11.5. The Hall–Kier alpha value is -2.94. The molecule has 2 aliphatic rings. The van der Waals surface area contributed by atoms with Crippen LogP contribution in [0.15, 0.2) is 52.4 Å². The number of rotatable bonds is 5. The number of fused-ring (bicyclic) bond motifs is 1. The molecule has 0 radical (unpaired) electrons. The summed E-state index contributed by atoms with van der Waals surface area (Å²) in [7, 11) is 0. The zero-order valence-electron chi connectivity index (χ0n) is 16.5. The number of hydrogen-bond acceptors (Lipinski definition) is 7. The Balaban J connectivity index is 1.71. The fraction of sp³-hybridized carbons (Fsp3) is 0.318. The maximum absolute atomic E-state index is 14.5. The largest absolute Gasteiger partial charge is 0.391 e. The van der Waals surface area contributed by atoms with Crippen molar-refractivity contribution in [2.45, 2.75) is 12.7 Å². The molecule has 4 rings (SSSR count). The Morgan fingerprint density at radius 3 is 2.67 bits per heavy atom. The van der Waals surface area contributed by atoms with Crippen LogP contribution < -0.4 is 5.32 Å². The molecular formula is C22H22FN3O4. The Bertz CT molecular complexity index is 1030. The highest BCUT2D eigenvalue weighted by atomic mass is 19.1. The average Bonchev–Trinajstić information content (AvgIpc) is 3.15. The second-order valence-corrected chi connectivity index (χ2v) is 7.11. The summed E-state index contributed by atoms with van der Waals surface area (Å²) in [6.07, 6.45) is 0. The van der Waals surface area contributed by atoms with Gasteiger partial charge in [0.2, 0.25) is 5.79 Å². The average molecular weight is 411 g/mol. The molecule has 7 nitrogen and oxygen atoms in total. The van der Waals surface area contributed by atoms with E-state index in [1.54, 1.807) is 36.4 Å². The van der Waals surface area contributed by atoms with E-state index in [-0.39, 0.29) is 25.5 Å². The summed E-state index contributed by atoms with van der Waals surface area (Å²) in [6.45, 7) is 2.34. The van der Waals surface area contributed by atoms with Crippen LogP contribution in [0.2, 0.25) is 0 Å². The van der Waals surface area contributed by atoms with Crippen molar-refractivity contribution in [2.24, 2.45) is 9.98 Å². The van der Waals surface area contributed by atoms with Gasteiger partial charge in [0.1, 0.15) is 11.7 Å². The monoisotopic (exact) mass is 411 g/mol. The van der Waals surface area contributed by atoms with Crippen LogP contribution in [0.25, 0.3) is 0 Å². The van der Waals surface area contributed by atoms with Gasteiger partial charge in [-0.05, 0) is 37.3 Å². The van der Waals surface area contributed by atoms with Crippen LogP contribution in [0.3, 0.4) is 0 Å². The van der Waals surface area contributed by atoms with E-state index in [0.29, 0.717) is 47.1 Å². The molecule has 2 aromatic carbocycles. The molecule has 0 aliphatic carbocycles. The lowest BCUT2D eigenvalue weighted by Gasteiger charge is -2.25. The van der Waals surface area contributed by atoms with Crippen molar-refractivity contribution in [3.63, 3.8) is 0 Å². The van der Waals surface area contributed by atoms with E-state index in [0.717, 1.165) is 0 Å². The lowest BCUT2D eigenvalue weighted by atomic mass is 9.97. The number of nitrogens with zero attached hydrogens (tertiary/aromatic N) is 2. The third-order valence-electron chi connectivity index (χ3n) is 5.05. The number of hydrogen-bond donors (Lipinski definition) is 2. The van der Waals surface area contributed by atoms with Gasteiger partial charge in [0.25, 0.3) is 0 Å². The first kappa shape index (κ1) is 20.3. The number of aliphatic hydroxyl groups is 1. The number of benzene rings is 2. The number of nitrogens with one attached hydrogen (secondary N) is 1. The highest BCUT2D eigenvalue weighted by molar-refractivity contribution is 6.18. The molecule has 0 atom stereocenters. The minimum absolute atomic E-state index is 0.0994. The molecule has 2 aliphatic heterocycles. The summed E-state index contributed by atoms with van der Waals surface area (Å²) in [5, 5.41) is 12.8. The number of ketones is 1. The van der Waals surface area contributed by atoms with Gasteiger partial charge >= 0.3 is 0 Å². The zero-order chi connectivity index (χ0) is 21.1. The number of carbonyl (C=O) groups excluding carboxylic acids is 1. The smallest absolute Gasteiger partial charge is 0.209 e. The van der Waals surface area contributed by atoms with Crippen molar-refractivity contribution >= 4 is 23.0 Å². The fourth-order valence-corrected chi connectivity index (χ4v) is 3.42. The number of aliphatic hydroxyl groups excluding tert-OH is 1. The number of aliphatic imine (C=N–C) groups is 2. The maximum Gasteiger partial charge on any atom is 0.209 e. The van der Waals surface area contributed by atoms with Crippen LogP contribution in [0.4, 0.5) is 10.1 Å². The first-order valence-corrected chi connectivity index (χ1v) is 9.66. The Labute approximate surface area is 173 Å². The van der Waals surface area contributed by atoms with Gasteiger partial charge in [0, 0.05) is 16.7 Å². The van der Waals surface area contributed by atoms with Gasteiger partial charge in [-0.1, -0.05) is 12.1 Å². The highest BCUT2D eigenvalue weighted by Gasteiger charge is 2.36. The normalized spacial score (nSPS) is 17.6. The zero-order valence-corrected chi connectivity index (χ0v) is 16.5. The molecule has 0 aromatic heterocycles. The van der Waals surface area contributed by atoms with Crippen LogP contribution in [-0.2, 0) is 9.47 Å². The van der Waals surface area contributed by atoms with Gasteiger partial charge in [-0.25, -0.2) is 9.38 Å². The van der Waals surface area contributed by atoms with E-state index in [2.05, 4.69) is 15.3 Å². The van der Waals surface area contributed by atoms with Crippen LogP contribution in [-0.4, -0.2) is 61.1 Å². The summed E-state index contributed by atoms with van der Waals surface area (Å²) >= 11 is 0. The molecule has 0 saturated carbocycles. The molecule has 0 spiro atoms. The van der Waals surface area contributed by atoms with Gasteiger partial charge in [-0.15, -0.1) is 0 Å². The Morgan fingerprint density at radius 2 is 1.97 bits per heavy atom. The highest BCUT2D eigenvalue weighted by Crippen LogP contribution is 2.28. The molecule has 1 saturated heterocycles. The predicted octanol–water partition coefficient (Wildman–Crippen LogP) is 2.23. The van der Waals surface area contributed by atoms with Gasteiger partial charge < -0.3 is 19.9 Å². The van der Waals surface area contributed by atoms with Crippen LogP contribution >= 0.6 is 0 Å². The number of carbonyl (C=O) groups is 1. The second kappa shape index (κ2) is 8.43. The van der Waals surface area contributed by atoms with E-state index < -0.39 is 11.6 Å². The Morgan fingerprint density at radius 1 is 1.20 bits per heavy atom. The molecule has 2 N–H and O–H groups in total. The molecule has 8 heteroatoms. The molecule has 30 heavy (non-hydrogen) atoms. The molecule has 2 aromatic rings. The molecule has 0 bridgehead atoms. The SMILES string of the molecule is CC(=O)c1ccc2c(c1)C(c1ccccc1F)=NCC(NCC1(CO)OCCO1)=N2. The van der Waals surface area contributed by atoms with Crippen molar-refractivity contribution in [3.05, 3.63) is 65.0 Å². The van der Waals surface area contributed by atoms with Crippen LogP contribution in [0, 0.1) is 5.82 Å². The first-order valence-electron chi connectivity index (χ1n) is 9.66. The van der Waals surface area contributed by atoms with E-state index in [4.69, 9.17) is 9.47 Å².